The second-order valence-electron chi connectivity index (χ2n) is 6.10. The number of hydrogen-bond acceptors (Lipinski definition) is 2. The van der Waals surface area contributed by atoms with Crippen LogP contribution < -0.4 is 5.32 Å². The fourth-order valence-electron chi connectivity index (χ4n) is 2.77. The van der Waals surface area contributed by atoms with Crippen molar-refractivity contribution in [2.24, 2.45) is 5.41 Å². The van der Waals surface area contributed by atoms with Crippen LogP contribution in [0.15, 0.2) is 23.1 Å². The first-order valence-electron chi connectivity index (χ1n) is 6.67. The van der Waals surface area contributed by atoms with Gasteiger partial charge >= 0.3 is 0 Å². The van der Waals surface area contributed by atoms with E-state index in [2.05, 4.69) is 31.8 Å². The molecule has 1 aliphatic rings. The van der Waals surface area contributed by atoms with Crippen molar-refractivity contribution in [1.82, 2.24) is 5.32 Å². The van der Waals surface area contributed by atoms with Gasteiger partial charge in [-0.15, -0.1) is 12.6 Å². The van der Waals surface area contributed by atoms with Crippen molar-refractivity contribution >= 4 is 18.5 Å². The maximum absolute atomic E-state index is 13.6. The number of hydrogen-bond donors (Lipinski definition) is 2. The molecule has 2 nitrogen and oxygen atoms in total. The topological polar surface area (TPSA) is 29.1 Å². The van der Waals surface area contributed by atoms with E-state index in [-0.39, 0.29) is 22.9 Å². The van der Waals surface area contributed by atoms with Crippen molar-refractivity contribution in [2.75, 3.05) is 0 Å². The van der Waals surface area contributed by atoms with Gasteiger partial charge in [0.1, 0.15) is 5.82 Å². The van der Waals surface area contributed by atoms with Gasteiger partial charge in [0, 0.05) is 10.9 Å². The van der Waals surface area contributed by atoms with Crippen LogP contribution in [0, 0.1) is 11.2 Å². The van der Waals surface area contributed by atoms with Gasteiger partial charge in [-0.25, -0.2) is 4.39 Å². The Bertz CT molecular complexity index is 487. The summed E-state index contributed by atoms with van der Waals surface area (Å²) in [5, 5.41) is 2.95. The van der Waals surface area contributed by atoms with Gasteiger partial charge in [-0.1, -0.05) is 20.3 Å². The molecule has 0 spiro atoms. The van der Waals surface area contributed by atoms with Crippen molar-refractivity contribution in [1.29, 1.82) is 0 Å². The van der Waals surface area contributed by atoms with Gasteiger partial charge in [0.15, 0.2) is 0 Å². The summed E-state index contributed by atoms with van der Waals surface area (Å²) in [7, 11) is 0. The highest BCUT2D eigenvalue weighted by molar-refractivity contribution is 7.80. The Morgan fingerprint density at radius 3 is 2.89 bits per heavy atom. The molecule has 4 heteroatoms. The summed E-state index contributed by atoms with van der Waals surface area (Å²) in [6.45, 7) is 4.42. The Labute approximate surface area is 119 Å². The van der Waals surface area contributed by atoms with Crippen LogP contribution in [0.5, 0.6) is 0 Å². The van der Waals surface area contributed by atoms with E-state index in [0.717, 1.165) is 19.3 Å². The van der Waals surface area contributed by atoms with Crippen molar-refractivity contribution < 1.29 is 9.18 Å². The molecule has 104 valence electrons. The summed E-state index contributed by atoms with van der Waals surface area (Å²) in [6, 6.07) is 4.43. The van der Waals surface area contributed by atoms with Crippen LogP contribution in [0.4, 0.5) is 4.39 Å². The predicted molar refractivity (Wildman–Crippen MR) is 77.2 cm³/mol. The van der Waals surface area contributed by atoms with E-state index in [4.69, 9.17) is 0 Å². The summed E-state index contributed by atoms with van der Waals surface area (Å²) in [6.07, 6.45) is 4.20. The first kappa shape index (κ1) is 14.4. The van der Waals surface area contributed by atoms with E-state index in [0.29, 0.717) is 4.90 Å². The fraction of sp³-hybridized carbons (Fsp3) is 0.533. The molecule has 1 aliphatic carbocycles. The molecule has 1 aromatic rings. The quantitative estimate of drug-likeness (QED) is 0.793. The summed E-state index contributed by atoms with van der Waals surface area (Å²) >= 11 is 4.14. The zero-order chi connectivity index (χ0) is 14.0. The lowest BCUT2D eigenvalue weighted by Crippen LogP contribution is -2.40. The summed E-state index contributed by atoms with van der Waals surface area (Å²) < 4.78 is 13.6. The van der Waals surface area contributed by atoms with E-state index in [1.165, 1.54) is 18.6 Å². The summed E-state index contributed by atoms with van der Waals surface area (Å²) in [5.41, 5.74) is 0.330. The number of carbonyl (C=O) groups is 1. The van der Waals surface area contributed by atoms with Crippen LogP contribution in [-0.4, -0.2) is 11.9 Å². The summed E-state index contributed by atoms with van der Waals surface area (Å²) in [5.74, 6) is -0.832. The molecular formula is C15H20FNOS. The lowest BCUT2D eigenvalue weighted by atomic mass is 9.75. The molecule has 1 fully saturated rings. The maximum atomic E-state index is 13.6. The zero-order valence-corrected chi connectivity index (χ0v) is 12.3. The third kappa shape index (κ3) is 3.72. The molecule has 19 heavy (non-hydrogen) atoms. The zero-order valence-electron chi connectivity index (χ0n) is 11.4. The number of nitrogens with one attached hydrogen (secondary N) is 1. The Hall–Kier alpha value is -1.03. The monoisotopic (exact) mass is 281 g/mol. The first-order valence-corrected chi connectivity index (χ1v) is 7.11. The summed E-state index contributed by atoms with van der Waals surface area (Å²) in [4.78, 5) is 12.7. The van der Waals surface area contributed by atoms with Crippen LogP contribution in [0.25, 0.3) is 0 Å². The lowest BCUT2D eigenvalue weighted by Gasteiger charge is -2.35. The van der Waals surface area contributed by atoms with Crippen LogP contribution >= 0.6 is 12.6 Å². The van der Waals surface area contributed by atoms with E-state index in [1.807, 2.05) is 0 Å². The molecular weight excluding hydrogens is 261 g/mol. The lowest BCUT2D eigenvalue weighted by molar-refractivity contribution is 0.0898. The number of amides is 1. The third-order valence-corrected chi connectivity index (χ3v) is 4.01. The molecule has 1 aromatic carbocycles. The van der Waals surface area contributed by atoms with Crippen molar-refractivity contribution in [3.63, 3.8) is 0 Å². The molecule has 0 saturated heterocycles. The van der Waals surface area contributed by atoms with E-state index < -0.39 is 5.82 Å². The van der Waals surface area contributed by atoms with Crippen molar-refractivity contribution in [3.05, 3.63) is 29.6 Å². The minimum atomic E-state index is -0.495. The molecule has 1 N–H and O–H groups in total. The first-order chi connectivity index (χ1) is 8.87. The predicted octanol–water partition coefficient (Wildman–Crippen LogP) is 3.81. The van der Waals surface area contributed by atoms with Gasteiger partial charge in [0.05, 0.1) is 5.56 Å². The molecule has 1 amide bonds. The second-order valence-corrected chi connectivity index (χ2v) is 6.61. The van der Waals surface area contributed by atoms with Gasteiger partial charge in [0.25, 0.3) is 5.91 Å². The molecule has 0 heterocycles. The molecule has 0 bridgehead atoms. The highest BCUT2D eigenvalue weighted by atomic mass is 32.1. The second kappa shape index (κ2) is 5.53. The highest BCUT2D eigenvalue weighted by Crippen LogP contribution is 2.35. The van der Waals surface area contributed by atoms with E-state index >= 15 is 0 Å². The molecule has 1 unspecified atom stereocenters. The smallest absolute Gasteiger partial charge is 0.254 e. The SMILES string of the molecule is CC1(C)CCCC(NC(=O)c2cc(S)ccc2F)C1. The number of carbonyl (C=O) groups excluding carboxylic acids is 1. The number of thiol groups is 1. The number of benzene rings is 1. The normalized spacial score (nSPS) is 22.0. The van der Waals surface area contributed by atoms with Gasteiger partial charge in [-0.3, -0.25) is 4.79 Å². The molecule has 1 atom stereocenters. The van der Waals surface area contributed by atoms with Gasteiger partial charge in [0.2, 0.25) is 0 Å². The third-order valence-electron chi connectivity index (χ3n) is 3.73. The van der Waals surface area contributed by atoms with Gasteiger partial charge < -0.3 is 5.32 Å². The number of rotatable bonds is 2. The van der Waals surface area contributed by atoms with Crippen LogP contribution in [0.1, 0.15) is 49.9 Å². The van der Waals surface area contributed by atoms with Crippen LogP contribution in [0.2, 0.25) is 0 Å². The average Bonchev–Trinajstić information content (AvgIpc) is 2.31. The highest BCUT2D eigenvalue weighted by Gasteiger charge is 2.29. The minimum absolute atomic E-state index is 0.0795. The van der Waals surface area contributed by atoms with Gasteiger partial charge in [-0.05, 0) is 42.9 Å². The molecule has 0 aromatic heterocycles. The van der Waals surface area contributed by atoms with Crippen molar-refractivity contribution in [2.45, 2.75) is 50.5 Å². The van der Waals surface area contributed by atoms with Gasteiger partial charge in [-0.2, -0.15) is 0 Å². The van der Waals surface area contributed by atoms with Crippen molar-refractivity contribution in [3.8, 4) is 0 Å². The molecule has 0 aliphatic heterocycles. The van der Waals surface area contributed by atoms with Crippen LogP contribution in [-0.2, 0) is 0 Å². The average molecular weight is 281 g/mol. The fourth-order valence-corrected chi connectivity index (χ4v) is 2.98. The minimum Gasteiger partial charge on any atom is -0.349 e. The Morgan fingerprint density at radius 1 is 1.47 bits per heavy atom. The molecule has 2 rings (SSSR count). The largest absolute Gasteiger partial charge is 0.349 e. The maximum Gasteiger partial charge on any atom is 0.254 e. The molecule has 1 saturated carbocycles. The van der Waals surface area contributed by atoms with E-state index in [9.17, 15) is 9.18 Å². The Balaban J connectivity index is 2.06. The molecule has 0 radical (unpaired) electrons. The Morgan fingerprint density at radius 2 is 2.21 bits per heavy atom. The van der Waals surface area contributed by atoms with Crippen LogP contribution in [0.3, 0.4) is 0 Å². The standard InChI is InChI=1S/C15H20FNOS/c1-15(2)7-3-4-10(9-15)17-14(18)12-8-11(19)5-6-13(12)16/h5-6,8,10,19H,3-4,7,9H2,1-2H3,(H,17,18). The number of halogens is 1. The van der Waals surface area contributed by atoms with E-state index in [1.54, 1.807) is 6.07 Å². The Kier molecular flexibility index (Phi) is 4.19.